The van der Waals surface area contributed by atoms with Gasteiger partial charge in [0, 0.05) is 4.47 Å². The maximum absolute atomic E-state index is 12.5. The maximum atomic E-state index is 12.5. The number of hydrogen-bond donors (Lipinski definition) is 0. The van der Waals surface area contributed by atoms with E-state index in [0.29, 0.717) is 12.4 Å². The number of ether oxygens (including phenoxy) is 2. The van der Waals surface area contributed by atoms with Gasteiger partial charge in [-0.25, -0.2) is 8.42 Å². The Hall–Kier alpha value is -1.37. The third kappa shape index (κ3) is 3.45. The summed E-state index contributed by atoms with van der Waals surface area (Å²) in [6, 6.07) is 13.1. The average Bonchev–Trinajstić information content (AvgIpc) is 3.30. The second-order valence-electron chi connectivity index (χ2n) is 4.70. The molecule has 2 aromatic carbocycles. The van der Waals surface area contributed by atoms with Gasteiger partial charge in [-0.1, -0.05) is 22.0 Å². The average molecular weight is 369 g/mol. The molecule has 0 spiro atoms. The van der Waals surface area contributed by atoms with E-state index in [1.165, 1.54) is 0 Å². The molecule has 1 fully saturated rings. The van der Waals surface area contributed by atoms with Crippen LogP contribution in [0.5, 0.6) is 5.75 Å². The van der Waals surface area contributed by atoms with Crippen molar-refractivity contribution in [2.75, 3.05) is 13.2 Å². The highest BCUT2D eigenvalue weighted by Gasteiger charge is 2.23. The van der Waals surface area contributed by atoms with Gasteiger partial charge < -0.3 is 9.47 Å². The molecule has 2 aromatic rings. The molecule has 0 amide bonds. The minimum Gasteiger partial charge on any atom is -0.491 e. The molecule has 1 atom stereocenters. The lowest BCUT2D eigenvalue weighted by Gasteiger charge is -2.07. The van der Waals surface area contributed by atoms with Crippen LogP contribution in [0.3, 0.4) is 0 Å². The summed E-state index contributed by atoms with van der Waals surface area (Å²) in [5.41, 5.74) is 0. The van der Waals surface area contributed by atoms with E-state index in [-0.39, 0.29) is 15.9 Å². The van der Waals surface area contributed by atoms with E-state index in [0.717, 1.165) is 11.1 Å². The normalized spacial score (nSPS) is 17.5. The molecule has 1 unspecified atom stereocenters. The summed E-state index contributed by atoms with van der Waals surface area (Å²) < 4.78 is 36.3. The molecule has 1 heterocycles. The monoisotopic (exact) mass is 368 g/mol. The number of hydrogen-bond acceptors (Lipinski definition) is 4. The van der Waals surface area contributed by atoms with Crippen LogP contribution in [0.2, 0.25) is 0 Å². The lowest BCUT2D eigenvalue weighted by molar-refractivity contribution is 0.263. The van der Waals surface area contributed by atoms with E-state index in [1.54, 1.807) is 48.5 Å². The van der Waals surface area contributed by atoms with Crippen LogP contribution in [-0.4, -0.2) is 27.7 Å². The minimum absolute atomic E-state index is 0.176. The Morgan fingerprint density at radius 3 is 2.48 bits per heavy atom. The summed E-state index contributed by atoms with van der Waals surface area (Å²) in [7, 11) is -3.51. The second-order valence-corrected chi connectivity index (χ2v) is 7.56. The van der Waals surface area contributed by atoms with E-state index >= 15 is 0 Å². The highest BCUT2D eigenvalue weighted by atomic mass is 79.9. The summed E-state index contributed by atoms with van der Waals surface area (Å²) in [4.78, 5) is 0.507. The molecule has 110 valence electrons. The first-order chi connectivity index (χ1) is 10.1. The molecule has 6 heteroatoms. The van der Waals surface area contributed by atoms with Gasteiger partial charge in [-0.05, 0) is 42.5 Å². The topological polar surface area (TPSA) is 55.9 Å². The zero-order valence-electron chi connectivity index (χ0n) is 11.0. The van der Waals surface area contributed by atoms with Crippen molar-refractivity contribution in [3.8, 4) is 5.75 Å². The molecule has 4 nitrogen and oxygen atoms in total. The summed E-state index contributed by atoms with van der Waals surface area (Å²) in [6.45, 7) is 1.23. The minimum atomic E-state index is -3.51. The number of halogens is 1. The van der Waals surface area contributed by atoms with Crippen molar-refractivity contribution in [2.45, 2.75) is 15.9 Å². The fourth-order valence-electron chi connectivity index (χ4n) is 1.84. The van der Waals surface area contributed by atoms with Gasteiger partial charge in [0.1, 0.15) is 18.5 Å². The first kappa shape index (κ1) is 14.6. The Kier molecular flexibility index (Phi) is 4.01. The SMILES string of the molecule is O=S(=O)(c1ccc(OCC2CO2)cc1)c1cccc(Br)c1. The van der Waals surface area contributed by atoms with Crippen LogP contribution < -0.4 is 4.74 Å². The number of benzene rings is 2. The Balaban J connectivity index is 1.81. The van der Waals surface area contributed by atoms with E-state index in [1.807, 2.05) is 0 Å². The summed E-state index contributed by atoms with van der Waals surface area (Å²) >= 11 is 3.28. The number of sulfone groups is 1. The summed E-state index contributed by atoms with van der Waals surface area (Å²) in [6.07, 6.45) is 0.176. The van der Waals surface area contributed by atoms with Crippen LogP contribution in [-0.2, 0) is 14.6 Å². The molecule has 0 bridgehead atoms. The molecule has 0 saturated carbocycles. The van der Waals surface area contributed by atoms with Gasteiger partial charge in [0.15, 0.2) is 0 Å². The number of epoxide rings is 1. The first-order valence-electron chi connectivity index (χ1n) is 6.41. The van der Waals surface area contributed by atoms with Crippen molar-refractivity contribution >= 4 is 25.8 Å². The Morgan fingerprint density at radius 2 is 1.86 bits per heavy atom. The van der Waals surface area contributed by atoms with Crippen LogP contribution >= 0.6 is 15.9 Å². The van der Waals surface area contributed by atoms with Crippen molar-refractivity contribution in [2.24, 2.45) is 0 Å². The van der Waals surface area contributed by atoms with Crippen molar-refractivity contribution in [3.05, 3.63) is 53.0 Å². The largest absolute Gasteiger partial charge is 0.491 e. The Labute approximate surface area is 131 Å². The highest BCUT2D eigenvalue weighted by molar-refractivity contribution is 9.10. The first-order valence-corrected chi connectivity index (χ1v) is 8.68. The third-order valence-electron chi connectivity index (χ3n) is 3.08. The van der Waals surface area contributed by atoms with Gasteiger partial charge in [-0.3, -0.25) is 0 Å². The predicted octanol–water partition coefficient (Wildman–Crippen LogP) is 3.06. The van der Waals surface area contributed by atoms with Gasteiger partial charge in [0.2, 0.25) is 9.84 Å². The van der Waals surface area contributed by atoms with Crippen LogP contribution in [0, 0.1) is 0 Å². The smallest absolute Gasteiger partial charge is 0.206 e. The Bertz CT molecular complexity index is 737. The van der Waals surface area contributed by atoms with Crippen LogP contribution in [0.4, 0.5) is 0 Å². The fraction of sp³-hybridized carbons (Fsp3) is 0.200. The Morgan fingerprint density at radius 1 is 1.14 bits per heavy atom. The molecule has 0 N–H and O–H groups in total. The maximum Gasteiger partial charge on any atom is 0.206 e. The van der Waals surface area contributed by atoms with Crippen LogP contribution in [0.1, 0.15) is 0 Å². The standard InChI is InChI=1S/C15H13BrO4S/c16-11-2-1-3-15(8-11)21(17,18)14-6-4-12(5-7-14)19-9-13-10-20-13/h1-8,13H,9-10H2. The molecule has 0 aromatic heterocycles. The van der Waals surface area contributed by atoms with Crippen LogP contribution in [0.25, 0.3) is 0 Å². The van der Waals surface area contributed by atoms with Crippen molar-refractivity contribution in [3.63, 3.8) is 0 Å². The zero-order valence-corrected chi connectivity index (χ0v) is 13.4. The third-order valence-corrected chi connectivity index (χ3v) is 5.34. The molecular weight excluding hydrogens is 356 g/mol. The van der Waals surface area contributed by atoms with E-state index in [9.17, 15) is 8.42 Å². The quantitative estimate of drug-likeness (QED) is 0.761. The van der Waals surface area contributed by atoms with Crippen LogP contribution in [0.15, 0.2) is 62.8 Å². The summed E-state index contributed by atoms with van der Waals surface area (Å²) in [5.74, 6) is 0.638. The highest BCUT2D eigenvalue weighted by Crippen LogP contribution is 2.25. The molecule has 0 radical (unpaired) electrons. The fourth-order valence-corrected chi connectivity index (χ4v) is 3.70. The van der Waals surface area contributed by atoms with Gasteiger partial charge in [0.05, 0.1) is 16.4 Å². The summed E-state index contributed by atoms with van der Waals surface area (Å²) in [5, 5.41) is 0. The zero-order chi connectivity index (χ0) is 14.9. The van der Waals surface area contributed by atoms with Crippen molar-refractivity contribution in [1.82, 2.24) is 0 Å². The van der Waals surface area contributed by atoms with Gasteiger partial charge in [-0.2, -0.15) is 0 Å². The second kappa shape index (κ2) is 5.79. The molecule has 0 aliphatic carbocycles. The molecule has 1 aliphatic rings. The lowest BCUT2D eigenvalue weighted by atomic mass is 10.3. The predicted molar refractivity (Wildman–Crippen MR) is 81.3 cm³/mol. The van der Waals surface area contributed by atoms with Gasteiger partial charge in [-0.15, -0.1) is 0 Å². The molecule has 3 rings (SSSR count). The van der Waals surface area contributed by atoms with Crippen molar-refractivity contribution in [1.29, 1.82) is 0 Å². The molecule has 1 saturated heterocycles. The van der Waals surface area contributed by atoms with Gasteiger partial charge >= 0.3 is 0 Å². The van der Waals surface area contributed by atoms with E-state index in [2.05, 4.69) is 15.9 Å². The van der Waals surface area contributed by atoms with Gasteiger partial charge in [0.25, 0.3) is 0 Å². The molecular formula is C15H13BrO4S. The molecule has 21 heavy (non-hydrogen) atoms. The molecule has 1 aliphatic heterocycles. The number of rotatable bonds is 5. The van der Waals surface area contributed by atoms with E-state index in [4.69, 9.17) is 9.47 Å². The van der Waals surface area contributed by atoms with Crippen molar-refractivity contribution < 1.29 is 17.9 Å². The van der Waals surface area contributed by atoms with E-state index < -0.39 is 9.84 Å². The lowest BCUT2D eigenvalue weighted by Crippen LogP contribution is -2.05.